The fourth-order valence-corrected chi connectivity index (χ4v) is 2.37. The summed E-state index contributed by atoms with van der Waals surface area (Å²) in [5.74, 6) is 0.859. The molecule has 0 fully saturated rings. The monoisotopic (exact) mass is 257 g/mol. The van der Waals surface area contributed by atoms with Crippen LogP contribution in [0.4, 0.5) is 11.7 Å². The van der Waals surface area contributed by atoms with Crippen LogP contribution in [0.1, 0.15) is 24.7 Å². The normalized spacial score (nSPS) is 14.1. The van der Waals surface area contributed by atoms with Crippen molar-refractivity contribution in [3.63, 3.8) is 0 Å². The lowest BCUT2D eigenvalue weighted by molar-refractivity contribution is -0.116. The van der Waals surface area contributed by atoms with Crippen LogP contribution in [0.3, 0.4) is 0 Å². The minimum absolute atomic E-state index is 0.0696. The molecule has 1 amide bonds. The first kappa shape index (κ1) is 11.8. The summed E-state index contributed by atoms with van der Waals surface area (Å²) in [6, 6.07) is 6.08. The highest BCUT2D eigenvalue weighted by Crippen LogP contribution is 2.31. The fraction of sp³-hybridized carbons (Fsp3) is 0.286. The molecule has 0 bridgehead atoms. The summed E-state index contributed by atoms with van der Waals surface area (Å²) < 4.78 is 5.38. The fourth-order valence-electron chi connectivity index (χ4n) is 2.37. The van der Waals surface area contributed by atoms with Gasteiger partial charge in [0.1, 0.15) is 11.5 Å². The Labute approximate surface area is 110 Å². The Kier molecular flexibility index (Phi) is 2.74. The average molecular weight is 257 g/mol. The molecule has 0 atom stereocenters. The van der Waals surface area contributed by atoms with Crippen LogP contribution in [0.15, 0.2) is 22.6 Å². The number of nitrogens with zero attached hydrogens (tertiary/aromatic N) is 1. The Bertz CT molecular complexity index is 646. The van der Waals surface area contributed by atoms with Gasteiger partial charge in [-0.25, -0.2) is 0 Å². The summed E-state index contributed by atoms with van der Waals surface area (Å²) in [5.41, 5.74) is 9.39. The van der Waals surface area contributed by atoms with Gasteiger partial charge in [0.2, 0.25) is 5.91 Å². The molecule has 5 nitrogen and oxygen atoms in total. The molecule has 3 rings (SSSR count). The first-order chi connectivity index (χ1) is 9.17. The zero-order valence-corrected chi connectivity index (χ0v) is 10.7. The van der Waals surface area contributed by atoms with Crippen molar-refractivity contribution in [1.29, 1.82) is 0 Å². The number of nitrogen functional groups attached to an aromatic ring is 1. The summed E-state index contributed by atoms with van der Waals surface area (Å²) in [5, 5.41) is 2.86. The van der Waals surface area contributed by atoms with Crippen LogP contribution in [0.5, 0.6) is 0 Å². The first-order valence-electron chi connectivity index (χ1n) is 6.35. The number of anilines is 2. The molecule has 0 spiro atoms. The van der Waals surface area contributed by atoms with E-state index in [1.54, 1.807) is 0 Å². The third-order valence-corrected chi connectivity index (χ3v) is 3.31. The van der Waals surface area contributed by atoms with Crippen molar-refractivity contribution in [3.05, 3.63) is 29.5 Å². The molecular weight excluding hydrogens is 242 g/mol. The van der Waals surface area contributed by atoms with Crippen molar-refractivity contribution >= 4 is 17.6 Å². The number of amides is 1. The molecule has 1 aliphatic rings. The smallest absolute Gasteiger partial charge is 0.292 e. The van der Waals surface area contributed by atoms with Crippen molar-refractivity contribution < 1.29 is 9.21 Å². The van der Waals surface area contributed by atoms with E-state index in [-0.39, 0.29) is 11.9 Å². The predicted molar refractivity (Wildman–Crippen MR) is 72.7 cm³/mol. The van der Waals surface area contributed by atoms with Gasteiger partial charge in [0.05, 0.1) is 0 Å². The number of rotatable bonds is 2. The van der Waals surface area contributed by atoms with Gasteiger partial charge in [0.15, 0.2) is 0 Å². The molecule has 19 heavy (non-hydrogen) atoms. The van der Waals surface area contributed by atoms with Gasteiger partial charge in [0, 0.05) is 24.1 Å². The van der Waals surface area contributed by atoms with E-state index in [0.29, 0.717) is 6.42 Å². The topological polar surface area (TPSA) is 81.2 Å². The number of hydrogen-bond donors (Lipinski definition) is 2. The van der Waals surface area contributed by atoms with E-state index in [1.807, 2.05) is 25.1 Å². The molecule has 0 radical (unpaired) electrons. The van der Waals surface area contributed by atoms with Gasteiger partial charge in [-0.15, -0.1) is 0 Å². The van der Waals surface area contributed by atoms with Crippen LogP contribution in [-0.4, -0.2) is 10.9 Å². The van der Waals surface area contributed by atoms with Crippen LogP contribution in [0.25, 0.3) is 11.3 Å². The largest absolute Gasteiger partial charge is 0.428 e. The van der Waals surface area contributed by atoms with Crippen molar-refractivity contribution in [2.75, 3.05) is 11.1 Å². The third-order valence-electron chi connectivity index (χ3n) is 3.31. The molecule has 98 valence electrons. The minimum Gasteiger partial charge on any atom is -0.428 e. The van der Waals surface area contributed by atoms with Crippen LogP contribution < -0.4 is 11.1 Å². The minimum atomic E-state index is 0.0696. The Hall–Kier alpha value is -2.30. The molecule has 2 heterocycles. The summed E-state index contributed by atoms with van der Waals surface area (Å²) in [6.07, 6.45) is 2.02. The van der Waals surface area contributed by atoms with Crippen molar-refractivity contribution in [1.82, 2.24) is 4.98 Å². The molecule has 1 aromatic heterocycles. The highest BCUT2D eigenvalue weighted by molar-refractivity contribution is 5.94. The van der Waals surface area contributed by atoms with E-state index < -0.39 is 0 Å². The molecule has 3 N–H and O–H groups in total. The Balaban J connectivity index is 2.04. The second-order valence-electron chi connectivity index (χ2n) is 4.60. The average Bonchev–Trinajstić information content (AvgIpc) is 2.79. The molecule has 1 aromatic carbocycles. The lowest BCUT2D eigenvalue weighted by atomic mass is 9.98. The van der Waals surface area contributed by atoms with Gasteiger partial charge in [-0.05, 0) is 24.1 Å². The van der Waals surface area contributed by atoms with Crippen molar-refractivity contribution in [2.24, 2.45) is 0 Å². The van der Waals surface area contributed by atoms with Gasteiger partial charge < -0.3 is 15.5 Å². The number of fused-ring (bicyclic) bond motifs is 1. The molecule has 0 saturated carbocycles. The van der Waals surface area contributed by atoms with Gasteiger partial charge >= 0.3 is 0 Å². The molecule has 5 heteroatoms. The second-order valence-corrected chi connectivity index (χ2v) is 4.60. The Morgan fingerprint density at radius 1 is 1.42 bits per heavy atom. The van der Waals surface area contributed by atoms with E-state index >= 15 is 0 Å². The highest BCUT2D eigenvalue weighted by atomic mass is 16.4. The lowest BCUT2D eigenvalue weighted by Crippen LogP contribution is -2.18. The number of hydrogen-bond acceptors (Lipinski definition) is 4. The zero-order valence-electron chi connectivity index (χ0n) is 10.7. The quantitative estimate of drug-likeness (QED) is 0.865. The SMILES string of the molecule is CCc1oc(N)nc1-c1ccc2c(c1)CCC(=O)N2. The number of carbonyl (C=O) groups excluding carboxylic acids is 1. The van der Waals surface area contributed by atoms with Gasteiger partial charge in [-0.3, -0.25) is 4.79 Å². The standard InChI is InChI=1S/C14H15N3O2/c1-2-11-13(17-14(15)19-11)9-3-5-10-8(7-9)4-6-12(18)16-10/h3,5,7H,2,4,6H2,1H3,(H2,15,17)(H,16,18). The molecule has 0 unspecified atom stereocenters. The number of oxazole rings is 1. The van der Waals surface area contributed by atoms with Crippen LogP contribution in [0, 0.1) is 0 Å². The Morgan fingerprint density at radius 3 is 3.05 bits per heavy atom. The maximum Gasteiger partial charge on any atom is 0.292 e. The van der Waals surface area contributed by atoms with E-state index in [0.717, 1.165) is 41.1 Å². The van der Waals surface area contributed by atoms with Gasteiger partial charge in [-0.1, -0.05) is 13.0 Å². The molecule has 1 aliphatic heterocycles. The maximum absolute atomic E-state index is 11.3. The van der Waals surface area contributed by atoms with E-state index in [1.165, 1.54) is 0 Å². The predicted octanol–water partition coefficient (Wildman–Crippen LogP) is 2.37. The summed E-state index contributed by atoms with van der Waals surface area (Å²) >= 11 is 0. The molecule has 0 aliphatic carbocycles. The van der Waals surface area contributed by atoms with Gasteiger partial charge in [-0.2, -0.15) is 4.98 Å². The van der Waals surface area contributed by atoms with E-state index in [2.05, 4.69) is 10.3 Å². The number of benzene rings is 1. The number of carbonyl (C=O) groups is 1. The third kappa shape index (κ3) is 2.07. The molecule has 0 saturated heterocycles. The highest BCUT2D eigenvalue weighted by Gasteiger charge is 2.17. The number of aromatic nitrogens is 1. The van der Waals surface area contributed by atoms with Crippen LogP contribution >= 0.6 is 0 Å². The summed E-state index contributed by atoms with van der Waals surface area (Å²) in [6.45, 7) is 2.00. The maximum atomic E-state index is 11.3. The molecule has 2 aromatic rings. The number of nitrogens with one attached hydrogen (secondary N) is 1. The van der Waals surface area contributed by atoms with Crippen LogP contribution in [0.2, 0.25) is 0 Å². The van der Waals surface area contributed by atoms with Crippen LogP contribution in [-0.2, 0) is 17.6 Å². The first-order valence-corrected chi connectivity index (χ1v) is 6.35. The van der Waals surface area contributed by atoms with Crippen molar-refractivity contribution in [2.45, 2.75) is 26.2 Å². The lowest BCUT2D eigenvalue weighted by Gasteiger charge is -2.17. The Morgan fingerprint density at radius 2 is 2.26 bits per heavy atom. The number of nitrogens with two attached hydrogens (primary N) is 1. The zero-order chi connectivity index (χ0) is 13.4. The number of aryl methyl sites for hydroxylation is 2. The second kappa shape index (κ2) is 4.42. The van der Waals surface area contributed by atoms with Gasteiger partial charge in [0.25, 0.3) is 6.01 Å². The van der Waals surface area contributed by atoms with E-state index in [4.69, 9.17) is 10.2 Å². The summed E-state index contributed by atoms with van der Waals surface area (Å²) in [7, 11) is 0. The van der Waals surface area contributed by atoms with Crippen molar-refractivity contribution in [3.8, 4) is 11.3 Å². The van der Waals surface area contributed by atoms with E-state index in [9.17, 15) is 4.79 Å². The summed E-state index contributed by atoms with van der Waals surface area (Å²) in [4.78, 5) is 15.6. The molecular formula is C14H15N3O2.